The summed E-state index contributed by atoms with van der Waals surface area (Å²) in [5, 5.41) is 14.3. The molecule has 9 nitrogen and oxygen atoms in total. The topological polar surface area (TPSA) is 133 Å². The van der Waals surface area contributed by atoms with Crippen molar-refractivity contribution in [2.75, 3.05) is 6.61 Å². The molecule has 0 radical (unpaired) electrons. The number of rotatable bonds is 8. The van der Waals surface area contributed by atoms with Gasteiger partial charge in [-0.15, -0.1) is 0 Å². The van der Waals surface area contributed by atoms with Gasteiger partial charge in [0.2, 0.25) is 5.91 Å². The van der Waals surface area contributed by atoms with Crippen molar-refractivity contribution >= 4 is 18.0 Å². The van der Waals surface area contributed by atoms with Gasteiger partial charge < -0.3 is 25.5 Å². The third-order valence-electron chi connectivity index (χ3n) is 5.66. The number of imidazole rings is 1. The molecule has 4 rings (SSSR count). The lowest BCUT2D eigenvalue weighted by Gasteiger charge is -2.19. The fourth-order valence-corrected chi connectivity index (χ4v) is 4.00. The number of carboxylic acid groups (broad SMARTS) is 1. The second kappa shape index (κ2) is 9.56. The van der Waals surface area contributed by atoms with Gasteiger partial charge >= 0.3 is 12.1 Å². The van der Waals surface area contributed by atoms with Gasteiger partial charge in [0.25, 0.3) is 0 Å². The van der Waals surface area contributed by atoms with Gasteiger partial charge in [0.05, 0.1) is 6.33 Å². The van der Waals surface area contributed by atoms with Crippen molar-refractivity contribution in [3.8, 4) is 11.1 Å². The molecule has 1 aliphatic rings. The molecule has 0 saturated carbocycles. The highest BCUT2D eigenvalue weighted by molar-refractivity contribution is 5.89. The smallest absolute Gasteiger partial charge is 0.407 e. The monoisotopic (exact) mass is 448 g/mol. The first-order valence-electron chi connectivity index (χ1n) is 10.6. The summed E-state index contributed by atoms with van der Waals surface area (Å²) in [6.07, 6.45) is 2.20. The molecule has 1 heterocycles. The summed E-state index contributed by atoms with van der Waals surface area (Å²) >= 11 is 0. The van der Waals surface area contributed by atoms with Crippen LogP contribution in [-0.4, -0.2) is 51.7 Å². The first-order valence-corrected chi connectivity index (χ1v) is 10.6. The molecular weight excluding hydrogens is 424 g/mol. The van der Waals surface area contributed by atoms with Crippen molar-refractivity contribution < 1.29 is 24.2 Å². The van der Waals surface area contributed by atoms with Crippen molar-refractivity contribution in [2.45, 2.75) is 31.3 Å². The number of fused-ring (bicyclic) bond motifs is 3. The summed E-state index contributed by atoms with van der Waals surface area (Å²) in [6, 6.07) is 13.8. The minimum atomic E-state index is -1.19. The summed E-state index contributed by atoms with van der Waals surface area (Å²) in [5.74, 6) is -1.92. The number of aromatic nitrogens is 2. The van der Waals surface area contributed by atoms with Gasteiger partial charge in [0.1, 0.15) is 18.7 Å². The Morgan fingerprint density at radius 1 is 1.06 bits per heavy atom. The molecule has 0 saturated heterocycles. The average molecular weight is 448 g/mol. The standard InChI is InChI=1S/C24H24N4O5/c1-14(22(29)28-21(23(30)31)10-15-11-25-13-26-15)27-24(32)33-12-20-18-8-4-2-6-16(18)17-7-3-5-9-19(17)20/h2-9,11,13-14,20-21H,10,12H2,1H3,(H,25,26)(H,27,32)(H,28,29)(H,30,31)/t14-,21-/m1/s1. The van der Waals surface area contributed by atoms with E-state index in [0.29, 0.717) is 5.69 Å². The Bertz CT molecular complexity index is 1120. The molecule has 0 bridgehead atoms. The molecule has 2 atom stereocenters. The molecule has 1 aromatic heterocycles. The van der Waals surface area contributed by atoms with E-state index in [0.717, 1.165) is 22.3 Å². The Morgan fingerprint density at radius 3 is 2.27 bits per heavy atom. The van der Waals surface area contributed by atoms with E-state index in [9.17, 15) is 19.5 Å². The van der Waals surface area contributed by atoms with Crippen molar-refractivity contribution in [1.82, 2.24) is 20.6 Å². The van der Waals surface area contributed by atoms with E-state index in [4.69, 9.17) is 4.74 Å². The molecule has 2 amide bonds. The van der Waals surface area contributed by atoms with Crippen molar-refractivity contribution in [1.29, 1.82) is 0 Å². The van der Waals surface area contributed by atoms with Gasteiger partial charge in [-0.05, 0) is 29.2 Å². The number of nitrogens with zero attached hydrogens (tertiary/aromatic N) is 1. The van der Waals surface area contributed by atoms with Gasteiger partial charge in [-0.1, -0.05) is 48.5 Å². The quantitative estimate of drug-likeness (QED) is 0.418. The Balaban J connectivity index is 1.33. The van der Waals surface area contributed by atoms with Crippen LogP contribution in [0.25, 0.3) is 11.1 Å². The Labute approximate surface area is 190 Å². The summed E-state index contributed by atoms with van der Waals surface area (Å²) in [7, 11) is 0. The normalized spacial score (nSPS) is 14.0. The van der Waals surface area contributed by atoms with Crippen LogP contribution in [0.3, 0.4) is 0 Å². The van der Waals surface area contributed by atoms with Crippen molar-refractivity contribution in [3.63, 3.8) is 0 Å². The molecule has 33 heavy (non-hydrogen) atoms. The molecule has 3 aromatic rings. The predicted molar refractivity (Wildman–Crippen MR) is 120 cm³/mol. The van der Waals surface area contributed by atoms with E-state index in [2.05, 4.69) is 20.6 Å². The van der Waals surface area contributed by atoms with E-state index in [-0.39, 0.29) is 18.9 Å². The molecular formula is C24H24N4O5. The van der Waals surface area contributed by atoms with Crippen LogP contribution in [0.15, 0.2) is 61.1 Å². The number of carboxylic acids is 1. The van der Waals surface area contributed by atoms with Crippen LogP contribution in [0.4, 0.5) is 4.79 Å². The Morgan fingerprint density at radius 2 is 1.70 bits per heavy atom. The van der Waals surface area contributed by atoms with E-state index in [1.165, 1.54) is 19.4 Å². The third kappa shape index (κ3) is 4.87. The fraction of sp³-hybridized carbons (Fsp3) is 0.250. The van der Waals surface area contributed by atoms with E-state index in [1.54, 1.807) is 0 Å². The SMILES string of the molecule is C[C@@H](NC(=O)OCC1c2ccccc2-c2ccccc21)C(=O)N[C@H](Cc1cnc[nH]1)C(=O)O. The summed E-state index contributed by atoms with van der Waals surface area (Å²) in [4.78, 5) is 42.9. The number of carbonyl (C=O) groups excluding carboxylic acids is 2. The predicted octanol–water partition coefficient (Wildman–Crippen LogP) is 2.45. The van der Waals surface area contributed by atoms with E-state index in [1.807, 2.05) is 48.5 Å². The van der Waals surface area contributed by atoms with Gasteiger partial charge in [-0.25, -0.2) is 14.6 Å². The van der Waals surface area contributed by atoms with Gasteiger partial charge in [0.15, 0.2) is 0 Å². The lowest BCUT2D eigenvalue weighted by Crippen LogP contribution is -2.51. The molecule has 170 valence electrons. The van der Waals surface area contributed by atoms with Crippen LogP contribution in [-0.2, 0) is 20.7 Å². The lowest BCUT2D eigenvalue weighted by molar-refractivity contribution is -0.142. The first kappa shape index (κ1) is 22.1. The summed E-state index contributed by atoms with van der Waals surface area (Å²) < 4.78 is 5.44. The summed E-state index contributed by atoms with van der Waals surface area (Å²) in [5.41, 5.74) is 4.97. The van der Waals surface area contributed by atoms with Crippen LogP contribution >= 0.6 is 0 Å². The van der Waals surface area contributed by atoms with Crippen molar-refractivity contribution in [3.05, 3.63) is 77.9 Å². The number of ether oxygens (including phenoxy) is 1. The van der Waals surface area contributed by atoms with Crippen LogP contribution < -0.4 is 10.6 Å². The first-order chi connectivity index (χ1) is 15.9. The number of aliphatic carboxylic acids is 1. The van der Waals surface area contributed by atoms with Crippen molar-refractivity contribution in [2.24, 2.45) is 0 Å². The number of nitrogens with one attached hydrogen (secondary N) is 3. The van der Waals surface area contributed by atoms with Crippen LogP contribution in [0.5, 0.6) is 0 Å². The van der Waals surface area contributed by atoms with Gasteiger partial charge in [-0.2, -0.15) is 0 Å². The number of alkyl carbamates (subject to hydrolysis) is 1. The van der Waals surface area contributed by atoms with E-state index < -0.39 is 30.1 Å². The number of aromatic amines is 1. The molecule has 4 N–H and O–H groups in total. The largest absolute Gasteiger partial charge is 0.480 e. The Kier molecular flexibility index (Phi) is 6.39. The number of hydrogen-bond donors (Lipinski definition) is 4. The maximum Gasteiger partial charge on any atom is 0.407 e. The lowest BCUT2D eigenvalue weighted by atomic mass is 9.98. The maximum absolute atomic E-state index is 12.4. The minimum absolute atomic E-state index is 0.0404. The fourth-order valence-electron chi connectivity index (χ4n) is 4.00. The van der Waals surface area contributed by atoms with Gasteiger partial charge in [-0.3, -0.25) is 4.79 Å². The number of carbonyl (C=O) groups is 3. The van der Waals surface area contributed by atoms with E-state index >= 15 is 0 Å². The van der Waals surface area contributed by atoms with Crippen LogP contribution in [0, 0.1) is 0 Å². The molecule has 9 heteroatoms. The molecule has 1 aliphatic carbocycles. The molecule has 2 aromatic carbocycles. The summed E-state index contributed by atoms with van der Waals surface area (Å²) in [6.45, 7) is 1.58. The van der Waals surface area contributed by atoms with Gasteiger partial charge in [0, 0.05) is 24.2 Å². The van der Waals surface area contributed by atoms with Crippen LogP contribution in [0.2, 0.25) is 0 Å². The minimum Gasteiger partial charge on any atom is -0.480 e. The maximum atomic E-state index is 12.4. The molecule has 0 spiro atoms. The number of H-pyrrole nitrogens is 1. The second-order valence-corrected chi connectivity index (χ2v) is 7.87. The zero-order valence-corrected chi connectivity index (χ0v) is 17.9. The number of benzene rings is 2. The number of amides is 2. The highest BCUT2D eigenvalue weighted by Crippen LogP contribution is 2.44. The zero-order chi connectivity index (χ0) is 23.4. The molecule has 0 fully saturated rings. The third-order valence-corrected chi connectivity index (χ3v) is 5.66. The number of hydrogen-bond acceptors (Lipinski definition) is 5. The highest BCUT2D eigenvalue weighted by atomic mass is 16.5. The molecule has 0 unspecified atom stereocenters. The highest BCUT2D eigenvalue weighted by Gasteiger charge is 2.30. The average Bonchev–Trinajstić information content (AvgIpc) is 3.43. The second-order valence-electron chi connectivity index (χ2n) is 7.87. The Hall–Kier alpha value is -4.14. The zero-order valence-electron chi connectivity index (χ0n) is 17.9. The molecule has 0 aliphatic heterocycles. The van der Waals surface area contributed by atoms with Crippen LogP contribution in [0.1, 0.15) is 29.7 Å².